The molecule has 0 unspecified atom stereocenters. The number of hydrogen-bond acceptors (Lipinski definition) is 6. The molecular weight excluding hydrogens is 184 g/mol. The lowest BCUT2D eigenvalue weighted by Crippen LogP contribution is -2.50. The van der Waals surface area contributed by atoms with Crippen LogP contribution in [0.5, 0.6) is 0 Å². The van der Waals surface area contributed by atoms with Gasteiger partial charge in [0.2, 0.25) is 0 Å². The molecule has 0 heterocycles. The standard InChI is InChI=1S/C8H20N4O2/c1-7(2)14-8(13)6-12(5-4-9)11-10-3/h7,10-11H,4-6,9H2,1-3H3. The Morgan fingerprint density at radius 2 is 2.21 bits per heavy atom. The number of hydrazine groups is 2. The Balaban J connectivity index is 3.82. The average molecular weight is 204 g/mol. The highest BCUT2D eigenvalue weighted by atomic mass is 16.5. The van der Waals surface area contributed by atoms with Gasteiger partial charge in [-0.25, -0.2) is 10.4 Å². The summed E-state index contributed by atoms with van der Waals surface area (Å²) in [5.41, 5.74) is 10.9. The van der Waals surface area contributed by atoms with Gasteiger partial charge in [-0.2, -0.15) is 5.53 Å². The second kappa shape index (κ2) is 7.69. The van der Waals surface area contributed by atoms with Gasteiger partial charge < -0.3 is 10.5 Å². The van der Waals surface area contributed by atoms with E-state index >= 15 is 0 Å². The third-order valence-corrected chi connectivity index (χ3v) is 1.36. The van der Waals surface area contributed by atoms with Gasteiger partial charge in [0.15, 0.2) is 0 Å². The number of hydrogen-bond donors (Lipinski definition) is 3. The molecule has 6 heteroatoms. The minimum absolute atomic E-state index is 0.0863. The van der Waals surface area contributed by atoms with Gasteiger partial charge in [0.1, 0.15) is 6.54 Å². The molecule has 0 aromatic rings. The van der Waals surface area contributed by atoms with E-state index in [1.165, 1.54) is 0 Å². The van der Waals surface area contributed by atoms with Gasteiger partial charge >= 0.3 is 5.97 Å². The van der Waals surface area contributed by atoms with Crippen molar-refractivity contribution in [3.63, 3.8) is 0 Å². The fraction of sp³-hybridized carbons (Fsp3) is 0.875. The van der Waals surface area contributed by atoms with Crippen LogP contribution in [-0.2, 0) is 9.53 Å². The molecule has 84 valence electrons. The van der Waals surface area contributed by atoms with Crippen molar-refractivity contribution in [1.82, 2.24) is 16.0 Å². The molecule has 0 radical (unpaired) electrons. The van der Waals surface area contributed by atoms with Crippen molar-refractivity contribution in [2.24, 2.45) is 5.73 Å². The van der Waals surface area contributed by atoms with Gasteiger partial charge in [0, 0.05) is 13.1 Å². The summed E-state index contributed by atoms with van der Waals surface area (Å²) < 4.78 is 4.98. The molecule has 14 heavy (non-hydrogen) atoms. The summed E-state index contributed by atoms with van der Waals surface area (Å²) in [5.74, 6) is -0.267. The third-order valence-electron chi connectivity index (χ3n) is 1.36. The van der Waals surface area contributed by atoms with E-state index in [4.69, 9.17) is 10.5 Å². The summed E-state index contributed by atoms with van der Waals surface area (Å²) in [5, 5.41) is 1.66. The molecule has 0 atom stereocenters. The van der Waals surface area contributed by atoms with Crippen LogP contribution in [0, 0.1) is 0 Å². The SMILES string of the molecule is CNNN(CCN)CC(=O)OC(C)C. The Morgan fingerprint density at radius 3 is 2.64 bits per heavy atom. The molecule has 0 aromatic carbocycles. The maximum atomic E-state index is 11.2. The molecule has 0 amide bonds. The number of esters is 1. The summed E-state index contributed by atoms with van der Waals surface area (Å²) in [6.07, 6.45) is -0.0863. The molecule has 0 bridgehead atoms. The number of ether oxygens (including phenoxy) is 1. The number of rotatable bonds is 7. The molecular formula is C8H20N4O2. The van der Waals surface area contributed by atoms with Crippen LogP contribution in [-0.4, -0.2) is 43.8 Å². The molecule has 0 aliphatic heterocycles. The highest BCUT2D eigenvalue weighted by molar-refractivity contribution is 5.71. The van der Waals surface area contributed by atoms with Crippen LogP contribution in [0.15, 0.2) is 0 Å². The predicted octanol–water partition coefficient (Wildman–Crippen LogP) is -1.16. The van der Waals surface area contributed by atoms with Crippen LogP contribution in [0.2, 0.25) is 0 Å². The number of nitrogens with two attached hydrogens (primary N) is 1. The maximum absolute atomic E-state index is 11.2. The van der Waals surface area contributed by atoms with Crippen molar-refractivity contribution >= 4 is 5.97 Å². The molecule has 0 rings (SSSR count). The topological polar surface area (TPSA) is 79.6 Å². The molecule has 0 saturated carbocycles. The minimum atomic E-state index is -0.267. The van der Waals surface area contributed by atoms with Gasteiger partial charge in [-0.15, -0.1) is 0 Å². The van der Waals surface area contributed by atoms with E-state index in [2.05, 4.69) is 11.0 Å². The van der Waals surface area contributed by atoms with Crippen LogP contribution in [0.1, 0.15) is 13.8 Å². The second-order valence-corrected chi connectivity index (χ2v) is 3.11. The van der Waals surface area contributed by atoms with E-state index in [1.54, 1.807) is 12.1 Å². The summed E-state index contributed by atoms with van der Waals surface area (Å²) >= 11 is 0. The number of carbonyl (C=O) groups is 1. The van der Waals surface area contributed by atoms with Crippen LogP contribution in [0.3, 0.4) is 0 Å². The molecule has 0 aliphatic carbocycles. The lowest BCUT2D eigenvalue weighted by molar-refractivity contribution is -0.149. The van der Waals surface area contributed by atoms with Crippen molar-refractivity contribution in [2.45, 2.75) is 20.0 Å². The molecule has 0 aliphatic rings. The highest BCUT2D eigenvalue weighted by Crippen LogP contribution is 1.90. The molecule has 6 nitrogen and oxygen atoms in total. The number of carbonyl (C=O) groups excluding carboxylic acids is 1. The Bertz CT molecular complexity index is 157. The Kier molecular flexibility index (Phi) is 7.31. The zero-order chi connectivity index (χ0) is 11.0. The molecule has 0 aromatic heterocycles. The van der Waals surface area contributed by atoms with Gasteiger partial charge in [-0.1, -0.05) is 0 Å². The lowest BCUT2D eigenvalue weighted by atomic mass is 10.5. The minimum Gasteiger partial charge on any atom is -0.462 e. The average Bonchev–Trinajstić information content (AvgIpc) is 2.03. The van der Waals surface area contributed by atoms with Gasteiger partial charge in [0.05, 0.1) is 6.10 Å². The van der Waals surface area contributed by atoms with E-state index in [0.29, 0.717) is 13.1 Å². The second-order valence-electron chi connectivity index (χ2n) is 3.11. The first-order valence-electron chi connectivity index (χ1n) is 4.67. The number of nitrogens with zero attached hydrogens (tertiary/aromatic N) is 1. The monoisotopic (exact) mass is 204 g/mol. The van der Waals surface area contributed by atoms with E-state index < -0.39 is 0 Å². The fourth-order valence-electron chi connectivity index (χ4n) is 0.944. The zero-order valence-corrected chi connectivity index (χ0v) is 9.04. The highest BCUT2D eigenvalue weighted by Gasteiger charge is 2.11. The zero-order valence-electron chi connectivity index (χ0n) is 9.04. The first-order valence-corrected chi connectivity index (χ1v) is 4.67. The third kappa shape index (κ3) is 6.79. The largest absolute Gasteiger partial charge is 0.462 e. The molecule has 4 N–H and O–H groups in total. The smallest absolute Gasteiger partial charge is 0.321 e. The fourth-order valence-corrected chi connectivity index (χ4v) is 0.944. The predicted molar refractivity (Wildman–Crippen MR) is 54.1 cm³/mol. The van der Waals surface area contributed by atoms with Gasteiger partial charge in [-0.05, 0) is 20.9 Å². The van der Waals surface area contributed by atoms with Crippen LogP contribution < -0.4 is 16.7 Å². The number of nitrogens with one attached hydrogen (secondary N) is 2. The summed E-state index contributed by atoms with van der Waals surface area (Å²) in [7, 11) is 1.72. The van der Waals surface area contributed by atoms with Crippen molar-refractivity contribution < 1.29 is 9.53 Å². The Hall–Kier alpha value is -0.690. The van der Waals surface area contributed by atoms with Gasteiger partial charge in [0.25, 0.3) is 0 Å². The summed E-state index contributed by atoms with van der Waals surface area (Å²) in [6.45, 7) is 4.86. The van der Waals surface area contributed by atoms with Crippen molar-refractivity contribution in [1.29, 1.82) is 0 Å². The van der Waals surface area contributed by atoms with E-state index in [9.17, 15) is 4.79 Å². The summed E-state index contributed by atoms with van der Waals surface area (Å²) in [6, 6.07) is 0. The Labute approximate surface area is 84.7 Å². The van der Waals surface area contributed by atoms with Crippen LogP contribution >= 0.6 is 0 Å². The van der Waals surface area contributed by atoms with E-state index in [-0.39, 0.29) is 18.6 Å². The molecule has 0 spiro atoms. The molecule has 0 saturated heterocycles. The quantitative estimate of drug-likeness (QED) is 0.358. The lowest BCUT2D eigenvalue weighted by Gasteiger charge is -2.21. The normalized spacial score (nSPS) is 11.0. The van der Waals surface area contributed by atoms with Crippen molar-refractivity contribution in [2.75, 3.05) is 26.7 Å². The maximum Gasteiger partial charge on any atom is 0.321 e. The Morgan fingerprint density at radius 1 is 1.57 bits per heavy atom. The van der Waals surface area contributed by atoms with Gasteiger partial charge in [-0.3, -0.25) is 4.79 Å². The van der Waals surface area contributed by atoms with Crippen LogP contribution in [0.4, 0.5) is 0 Å². The first kappa shape index (κ1) is 13.3. The van der Waals surface area contributed by atoms with Crippen molar-refractivity contribution in [3.8, 4) is 0 Å². The van der Waals surface area contributed by atoms with Crippen molar-refractivity contribution in [3.05, 3.63) is 0 Å². The molecule has 0 fully saturated rings. The first-order chi connectivity index (χ1) is 6.60. The van der Waals surface area contributed by atoms with E-state index in [1.807, 2.05) is 13.8 Å². The van der Waals surface area contributed by atoms with E-state index in [0.717, 1.165) is 0 Å². The van der Waals surface area contributed by atoms with Crippen LogP contribution in [0.25, 0.3) is 0 Å². The summed E-state index contributed by atoms with van der Waals surface area (Å²) in [4.78, 5) is 11.2.